The van der Waals surface area contributed by atoms with Crippen molar-refractivity contribution in [3.05, 3.63) is 69.8 Å². The van der Waals surface area contributed by atoms with Gasteiger partial charge in [0.1, 0.15) is 0 Å². The molecule has 7 nitrogen and oxygen atoms in total. The van der Waals surface area contributed by atoms with Crippen LogP contribution in [0.5, 0.6) is 0 Å². The minimum absolute atomic E-state index is 0.0119. The second-order valence-corrected chi connectivity index (χ2v) is 5.18. The minimum atomic E-state index is -0.504. The summed E-state index contributed by atoms with van der Waals surface area (Å²) in [5, 5.41) is 18.8. The zero-order valence-corrected chi connectivity index (χ0v) is 12.4. The van der Waals surface area contributed by atoms with Crippen LogP contribution in [0.2, 0.25) is 0 Å². The summed E-state index contributed by atoms with van der Waals surface area (Å²) in [4.78, 5) is 22.6. The van der Waals surface area contributed by atoms with E-state index in [1.54, 1.807) is 16.2 Å². The van der Waals surface area contributed by atoms with E-state index in [0.29, 0.717) is 5.56 Å². The van der Waals surface area contributed by atoms with Crippen LogP contribution < -0.4 is 5.62 Å². The molecule has 0 amide bonds. The number of nitrogens with zero attached hydrogens (tertiary/aromatic N) is 3. The van der Waals surface area contributed by atoms with Crippen LogP contribution >= 0.6 is 0 Å². The highest BCUT2D eigenvalue weighted by Crippen LogP contribution is 2.15. The van der Waals surface area contributed by atoms with E-state index in [0.717, 1.165) is 11.0 Å². The first kappa shape index (κ1) is 14.7. The fourth-order valence-corrected chi connectivity index (χ4v) is 2.55. The number of aryl methyl sites for hydroxylation is 1. The molecule has 0 aliphatic rings. The van der Waals surface area contributed by atoms with E-state index in [1.807, 2.05) is 24.3 Å². The van der Waals surface area contributed by atoms with Gasteiger partial charge >= 0.3 is 0 Å². The van der Waals surface area contributed by atoms with E-state index in [4.69, 9.17) is 5.41 Å². The Morgan fingerprint density at radius 3 is 2.35 bits per heavy atom. The summed E-state index contributed by atoms with van der Waals surface area (Å²) in [5.74, 6) is -0.199. The molecule has 0 fully saturated rings. The van der Waals surface area contributed by atoms with Crippen LogP contribution in [0.25, 0.3) is 11.0 Å². The fourth-order valence-electron chi connectivity index (χ4n) is 2.55. The Morgan fingerprint density at radius 2 is 1.74 bits per heavy atom. The molecule has 7 heteroatoms. The number of hydrogen-bond acceptors (Lipinski definition) is 4. The lowest BCUT2D eigenvalue weighted by Crippen LogP contribution is -2.25. The second-order valence-electron chi connectivity index (χ2n) is 5.18. The van der Waals surface area contributed by atoms with Gasteiger partial charge in [-0.2, -0.15) is 0 Å². The summed E-state index contributed by atoms with van der Waals surface area (Å²) >= 11 is 0. The Balaban J connectivity index is 1.96. The topological polar surface area (TPSA) is 93.9 Å². The Kier molecular flexibility index (Phi) is 3.53. The van der Waals surface area contributed by atoms with Gasteiger partial charge in [0, 0.05) is 24.7 Å². The molecule has 0 radical (unpaired) electrons. The molecular weight excluding hydrogens is 296 g/mol. The first-order valence-corrected chi connectivity index (χ1v) is 6.95. The molecule has 23 heavy (non-hydrogen) atoms. The number of benzene rings is 2. The molecule has 116 valence electrons. The highest BCUT2D eigenvalue weighted by Gasteiger charge is 2.14. The Hall–Kier alpha value is -3.22. The van der Waals surface area contributed by atoms with Crippen molar-refractivity contribution in [2.75, 3.05) is 0 Å². The molecular formula is C16H14N4O3. The number of Topliss-reactive ketones (excluding diaryl/α,β-unsaturated/α-hetero) is 1. The normalized spacial score (nSPS) is 10.8. The Bertz CT molecular complexity index is 967. The van der Waals surface area contributed by atoms with Gasteiger partial charge in [0.15, 0.2) is 5.78 Å². The van der Waals surface area contributed by atoms with Crippen LogP contribution in [0, 0.1) is 15.5 Å². The molecule has 3 aromatic rings. The van der Waals surface area contributed by atoms with Crippen molar-refractivity contribution in [3.8, 4) is 0 Å². The number of ketones is 1. The predicted molar refractivity (Wildman–Crippen MR) is 84.2 cm³/mol. The molecule has 1 N–H and O–H groups in total. The average Bonchev–Trinajstić information content (AvgIpc) is 2.80. The van der Waals surface area contributed by atoms with Crippen molar-refractivity contribution in [1.82, 2.24) is 9.13 Å². The van der Waals surface area contributed by atoms with Crippen LogP contribution in [-0.2, 0) is 13.6 Å². The smallest absolute Gasteiger partial charge is 0.269 e. The van der Waals surface area contributed by atoms with Crippen molar-refractivity contribution in [2.24, 2.45) is 7.05 Å². The van der Waals surface area contributed by atoms with Gasteiger partial charge in [0.25, 0.3) is 5.69 Å². The van der Waals surface area contributed by atoms with Gasteiger partial charge in [0.05, 0.1) is 22.5 Å². The second kappa shape index (κ2) is 5.53. The highest BCUT2D eigenvalue weighted by atomic mass is 16.6. The van der Waals surface area contributed by atoms with Gasteiger partial charge in [-0.25, -0.2) is 0 Å². The maximum Gasteiger partial charge on any atom is 0.269 e. The molecule has 0 aliphatic carbocycles. The molecule has 0 aliphatic heterocycles. The third-order valence-electron chi connectivity index (χ3n) is 3.81. The largest absolute Gasteiger partial charge is 0.313 e. The monoisotopic (exact) mass is 310 g/mol. The molecule has 0 saturated heterocycles. The average molecular weight is 310 g/mol. The van der Waals surface area contributed by atoms with Crippen LogP contribution in [0.1, 0.15) is 10.4 Å². The van der Waals surface area contributed by atoms with Crippen LogP contribution in [0.4, 0.5) is 5.69 Å². The van der Waals surface area contributed by atoms with Gasteiger partial charge in [0.2, 0.25) is 5.62 Å². The number of carbonyl (C=O) groups excluding carboxylic acids is 1. The molecule has 2 aromatic carbocycles. The standard InChI is InChI=1S/C16H14N4O3/c1-18-13-4-2-3-5-14(13)19(16(18)17)10-15(21)11-6-8-12(9-7-11)20(22)23/h2-9,17H,10H2,1H3. The summed E-state index contributed by atoms with van der Waals surface area (Å²) in [6.07, 6.45) is 0. The van der Waals surface area contributed by atoms with E-state index in [2.05, 4.69) is 0 Å². The number of nitro benzene ring substituents is 1. The minimum Gasteiger partial charge on any atom is -0.313 e. The van der Waals surface area contributed by atoms with E-state index in [9.17, 15) is 14.9 Å². The molecule has 1 heterocycles. The summed E-state index contributed by atoms with van der Waals surface area (Å²) in [5.41, 5.74) is 2.22. The molecule has 0 spiro atoms. The van der Waals surface area contributed by atoms with Gasteiger partial charge in [-0.3, -0.25) is 20.3 Å². The molecule has 0 atom stereocenters. The fraction of sp³-hybridized carbons (Fsp3) is 0.125. The quantitative estimate of drug-likeness (QED) is 0.455. The number of non-ortho nitro benzene ring substituents is 1. The third kappa shape index (κ3) is 2.52. The first-order valence-electron chi connectivity index (χ1n) is 6.95. The number of rotatable bonds is 4. The number of para-hydroxylation sites is 2. The van der Waals surface area contributed by atoms with E-state index < -0.39 is 4.92 Å². The summed E-state index contributed by atoms with van der Waals surface area (Å²) in [6, 6.07) is 13.0. The van der Waals surface area contributed by atoms with Crippen LogP contribution in [0.15, 0.2) is 48.5 Å². The van der Waals surface area contributed by atoms with Gasteiger partial charge in [-0.05, 0) is 24.3 Å². The number of nitro groups is 1. The maximum atomic E-state index is 12.4. The molecule has 3 rings (SSSR count). The van der Waals surface area contributed by atoms with Crippen molar-refractivity contribution in [3.63, 3.8) is 0 Å². The van der Waals surface area contributed by atoms with Gasteiger partial charge in [-0.15, -0.1) is 0 Å². The van der Waals surface area contributed by atoms with Crippen molar-refractivity contribution < 1.29 is 9.72 Å². The number of fused-ring (bicyclic) bond motifs is 1. The molecule has 0 saturated carbocycles. The number of hydrogen-bond donors (Lipinski definition) is 1. The maximum absolute atomic E-state index is 12.4. The zero-order valence-electron chi connectivity index (χ0n) is 12.4. The number of imidazole rings is 1. The number of aromatic nitrogens is 2. The highest BCUT2D eigenvalue weighted by molar-refractivity contribution is 5.96. The lowest BCUT2D eigenvalue weighted by atomic mass is 10.1. The van der Waals surface area contributed by atoms with Crippen LogP contribution in [0.3, 0.4) is 0 Å². The van der Waals surface area contributed by atoms with E-state index in [-0.39, 0.29) is 23.6 Å². The Labute approximate surface area is 131 Å². The van der Waals surface area contributed by atoms with E-state index in [1.165, 1.54) is 24.3 Å². The van der Waals surface area contributed by atoms with Gasteiger partial charge in [-0.1, -0.05) is 12.1 Å². The first-order chi connectivity index (χ1) is 11.0. The Morgan fingerprint density at radius 1 is 1.13 bits per heavy atom. The summed E-state index contributed by atoms with van der Waals surface area (Å²) in [7, 11) is 1.78. The zero-order chi connectivity index (χ0) is 16.6. The van der Waals surface area contributed by atoms with Crippen molar-refractivity contribution in [2.45, 2.75) is 6.54 Å². The number of nitrogens with one attached hydrogen (secondary N) is 1. The van der Waals surface area contributed by atoms with Gasteiger partial charge < -0.3 is 9.13 Å². The van der Waals surface area contributed by atoms with Crippen LogP contribution in [-0.4, -0.2) is 19.8 Å². The van der Waals surface area contributed by atoms with Crippen molar-refractivity contribution in [1.29, 1.82) is 5.41 Å². The number of carbonyl (C=O) groups is 1. The molecule has 1 aromatic heterocycles. The summed E-state index contributed by atoms with van der Waals surface area (Å²) in [6.45, 7) is 0.0119. The predicted octanol–water partition coefficient (Wildman–Crippen LogP) is 2.25. The summed E-state index contributed by atoms with van der Waals surface area (Å²) < 4.78 is 3.33. The lowest BCUT2D eigenvalue weighted by molar-refractivity contribution is -0.384. The third-order valence-corrected chi connectivity index (χ3v) is 3.81. The molecule has 0 unspecified atom stereocenters. The van der Waals surface area contributed by atoms with E-state index >= 15 is 0 Å². The lowest BCUT2D eigenvalue weighted by Gasteiger charge is -2.04. The molecule has 0 bridgehead atoms. The van der Waals surface area contributed by atoms with Crippen molar-refractivity contribution >= 4 is 22.5 Å². The SMILES string of the molecule is Cn1c(=N)n(CC(=O)c2ccc([N+](=O)[O-])cc2)c2ccccc21.